The highest BCUT2D eigenvalue weighted by Crippen LogP contribution is 2.23. The maximum Gasteiger partial charge on any atom is 0.240 e. The summed E-state index contributed by atoms with van der Waals surface area (Å²) in [6.45, 7) is 3.84. The van der Waals surface area contributed by atoms with Gasteiger partial charge in [-0.15, -0.1) is 0 Å². The van der Waals surface area contributed by atoms with E-state index in [0.717, 1.165) is 29.3 Å². The Morgan fingerprint density at radius 2 is 2.00 bits per heavy atom. The average Bonchev–Trinajstić information content (AvgIpc) is 3.07. The Bertz CT molecular complexity index is 724. The standard InChI is InChI=1S/C18H22N2O2/c1-12-7-8-17-15(9-12)16(13(2)21)10-20(17)11-18(22)19-14-5-3-4-6-14/h7-10,14H,3-6,11H2,1-2H3,(H,19,22). The van der Waals surface area contributed by atoms with E-state index in [9.17, 15) is 9.59 Å². The topological polar surface area (TPSA) is 51.1 Å². The van der Waals surface area contributed by atoms with Gasteiger partial charge in [0.05, 0.1) is 0 Å². The molecule has 1 aromatic heterocycles. The van der Waals surface area contributed by atoms with E-state index in [1.165, 1.54) is 12.8 Å². The zero-order valence-electron chi connectivity index (χ0n) is 13.2. The fraction of sp³-hybridized carbons (Fsp3) is 0.444. The summed E-state index contributed by atoms with van der Waals surface area (Å²) < 4.78 is 1.88. The maximum absolute atomic E-state index is 12.2. The Hall–Kier alpha value is -2.10. The van der Waals surface area contributed by atoms with Crippen molar-refractivity contribution in [3.05, 3.63) is 35.5 Å². The van der Waals surface area contributed by atoms with Gasteiger partial charge in [-0.05, 0) is 38.8 Å². The first-order chi connectivity index (χ1) is 10.5. The quantitative estimate of drug-likeness (QED) is 0.881. The molecule has 0 spiro atoms. The Morgan fingerprint density at radius 1 is 1.27 bits per heavy atom. The fourth-order valence-electron chi connectivity index (χ4n) is 3.32. The molecule has 0 atom stereocenters. The van der Waals surface area contributed by atoms with Gasteiger partial charge >= 0.3 is 0 Å². The Kier molecular flexibility index (Phi) is 4.01. The van der Waals surface area contributed by atoms with Crippen molar-refractivity contribution in [1.29, 1.82) is 0 Å². The highest BCUT2D eigenvalue weighted by molar-refractivity contribution is 6.07. The second-order valence-electron chi connectivity index (χ2n) is 6.30. The van der Waals surface area contributed by atoms with Crippen LogP contribution >= 0.6 is 0 Å². The third-order valence-corrected chi connectivity index (χ3v) is 4.45. The number of Topliss-reactive ketones (excluding diaryl/α,β-unsaturated/α-hetero) is 1. The number of ketones is 1. The molecule has 1 fully saturated rings. The fourth-order valence-corrected chi connectivity index (χ4v) is 3.32. The van der Waals surface area contributed by atoms with Gasteiger partial charge < -0.3 is 9.88 Å². The molecule has 0 bridgehead atoms. The third kappa shape index (κ3) is 2.91. The zero-order valence-corrected chi connectivity index (χ0v) is 13.2. The molecule has 1 aromatic carbocycles. The van der Waals surface area contributed by atoms with E-state index in [4.69, 9.17) is 0 Å². The molecule has 1 heterocycles. The molecular weight excluding hydrogens is 276 g/mol. The lowest BCUT2D eigenvalue weighted by Crippen LogP contribution is -2.35. The maximum atomic E-state index is 12.2. The number of amides is 1. The van der Waals surface area contributed by atoms with Crippen molar-refractivity contribution in [3.8, 4) is 0 Å². The molecule has 1 aliphatic rings. The smallest absolute Gasteiger partial charge is 0.240 e. The summed E-state index contributed by atoms with van der Waals surface area (Å²) in [5, 5.41) is 4.03. The number of aryl methyl sites for hydroxylation is 1. The van der Waals surface area contributed by atoms with Crippen LogP contribution in [0.15, 0.2) is 24.4 Å². The number of aromatic nitrogens is 1. The summed E-state index contributed by atoms with van der Waals surface area (Å²) in [4.78, 5) is 24.1. The molecule has 116 valence electrons. The molecule has 1 saturated carbocycles. The number of nitrogens with zero attached hydrogens (tertiary/aromatic N) is 1. The first-order valence-electron chi connectivity index (χ1n) is 7.94. The van der Waals surface area contributed by atoms with E-state index in [-0.39, 0.29) is 18.2 Å². The normalized spacial score (nSPS) is 15.4. The SMILES string of the molecule is CC(=O)c1cn(CC(=O)NC2CCCC2)c2ccc(C)cc12. The minimum Gasteiger partial charge on any atom is -0.352 e. The van der Waals surface area contributed by atoms with Gasteiger partial charge in [-0.25, -0.2) is 0 Å². The number of carbonyl (C=O) groups excluding carboxylic acids is 2. The van der Waals surface area contributed by atoms with Crippen molar-refractivity contribution in [1.82, 2.24) is 9.88 Å². The monoisotopic (exact) mass is 298 g/mol. The summed E-state index contributed by atoms with van der Waals surface area (Å²) in [6, 6.07) is 6.33. The van der Waals surface area contributed by atoms with Crippen molar-refractivity contribution in [2.45, 2.75) is 52.1 Å². The van der Waals surface area contributed by atoms with Gasteiger partial charge in [0.2, 0.25) is 5.91 Å². The summed E-state index contributed by atoms with van der Waals surface area (Å²) in [5.74, 6) is 0.0602. The van der Waals surface area contributed by atoms with Gasteiger partial charge in [-0.3, -0.25) is 9.59 Å². The van der Waals surface area contributed by atoms with Crippen LogP contribution in [0.4, 0.5) is 0 Å². The minimum absolute atomic E-state index is 0.0273. The minimum atomic E-state index is 0.0273. The van der Waals surface area contributed by atoms with Crippen molar-refractivity contribution in [2.75, 3.05) is 0 Å². The molecule has 4 heteroatoms. The van der Waals surface area contributed by atoms with E-state index in [1.54, 1.807) is 13.1 Å². The van der Waals surface area contributed by atoms with Crippen molar-refractivity contribution < 1.29 is 9.59 Å². The number of nitrogens with one attached hydrogen (secondary N) is 1. The Balaban J connectivity index is 1.86. The number of benzene rings is 1. The average molecular weight is 298 g/mol. The second-order valence-corrected chi connectivity index (χ2v) is 6.30. The lowest BCUT2D eigenvalue weighted by molar-refractivity contribution is -0.122. The molecule has 0 saturated heterocycles. The Labute approximate surface area is 130 Å². The van der Waals surface area contributed by atoms with E-state index in [0.29, 0.717) is 11.6 Å². The second kappa shape index (κ2) is 5.95. The van der Waals surface area contributed by atoms with Crippen LogP contribution in [0.5, 0.6) is 0 Å². The molecule has 0 aliphatic heterocycles. The number of carbonyl (C=O) groups is 2. The van der Waals surface area contributed by atoms with Crippen LogP contribution in [0, 0.1) is 6.92 Å². The molecule has 1 N–H and O–H groups in total. The van der Waals surface area contributed by atoms with Crippen LogP contribution in [-0.4, -0.2) is 22.3 Å². The molecule has 22 heavy (non-hydrogen) atoms. The van der Waals surface area contributed by atoms with Crippen LogP contribution in [0.1, 0.15) is 48.5 Å². The van der Waals surface area contributed by atoms with Gasteiger partial charge in [0, 0.05) is 28.7 Å². The number of hydrogen-bond donors (Lipinski definition) is 1. The summed E-state index contributed by atoms with van der Waals surface area (Å²) >= 11 is 0. The van der Waals surface area contributed by atoms with Crippen LogP contribution in [0.25, 0.3) is 10.9 Å². The number of hydrogen-bond acceptors (Lipinski definition) is 2. The summed E-state index contributed by atoms with van der Waals surface area (Å²) in [7, 11) is 0. The number of rotatable bonds is 4. The first-order valence-corrected chi connectivity index (χ1v) is 7.94. The van der Waals surface area contributed by atoms with Gasteiger partial charge in [-0.2, -0.15) is 0 Å². The van der Waals surface area contributed by atoms with Gasteiger partial charge in [0.1, 0.15) is 6.54 Å². The predicted molar refractivity (Wildman–Crippen MR) is 87.1 cm³/mol. The van der Waals surface area contributed by atoms with Crippen molar-refractivity contribution >= 4 is 22.6 Å². The number of fused-ring (bicyclic) bond motifs is 1. The molecule has 1 amide bonds. The summed E-state index contributed by atoms with van der Waals surface area (Å²) in [5.41, 5.74) is 2.74. The molecule has 3 rings (SSSR count). The molecule has 0 unspecified atom stereocenters. The van der Waals surface area contributed by atoms with E-state index in [2.05, 4.69) is 5.32 Å². The van der Waals surface area contributed by atoms with Crippen LogP contribution in [-0.2, 0) is 11.3 Å². The zero-order chi connectivity index (χ0) is 15.7. The van der Waals surface area contributed by atoms with Crippen LogP contribution in [0.3, 0.4) is 0 Å². The van der Waals surface area contributed by atoms with Crippen molar-refractivity contribution in [3.63, 3.8) is 0 Å². The molecule has 1 aliphatic carbocycles. The van der Waals surface area contributed by atoms with E-state index in [1.807, 2.05) is 29.7 Å². The molecule has 2 aromatic rings. The lowest BCUT2D eigenvalue weighted by atomic mass is 10.1. The van der Waals surface area contributed by atoms with Gasteiger partial charge in [-0.1, -0.05) is 24.5 Å². The van der Waals surface area contributed by atoms with Gasteiger partial charge in [0.25, 0.3) is 0 Å². The van der Waals surface area contributed by atoms with Crippen LogP contribution in [0.2, 0.25) is 0 Å². The molecule has 0 radical (unpaired) electrons. The van der Waals surface area contributed by atoms with E-state index < -0.39 is 0 Å². The van der Waals surface area contributed by atoms with Crippen molar-refractivity contribution in [2.24, 2.45) is 0 Å². The largest absolute Gasteiger partial charge is 0.352 e. The highest BCUT2D eigenvalue weighted by Gasteiger charge is 2.18. The predicted octanol–water partition coefficient (Wildman–Crippen LogP) is 3.21. The summed E-state index contributed by atoms with van der Waals surface area (Å²) in [6.07, 6.45) is 6.36. The molecular formula is C18H22N2O2. The highest BCUT2D eigenvalue weighted by atomic mass is 16.2. The molecule has 4 nitrogen and oxygen atoms in total. The lowest BCUT2D eigenvalue weighted by Gasteiger charge is -2.12. The van der Waals surface area contributed by atoms with E-state index >= 15 is 0 Å². The van der Waals surface area contributed by atoms with Gasteiger partial charge in [0.15, 0.2) is 5.78 Å². The third-order valence-electron chi connectivity index (χ3n) is 4.45. The Morgan fingerprint density at radius 3 is 2.68 bits per heavy atom. The first kappa shape index (κ1) is 14.8. The van der Waals surface area contributed by atoms with Crippen LogP contribution < -0.4 is 5.32 Å².